The number of methoxy groups -OCH3 is 1. The first-order chi connectivity index (χ1) is 10.6. The highest BCUT2D eigenvalue weighted by Gasteiger charge is 2.20. The molecule has 1 atom stereocenters. The molecule has 1 amide bonds. The number of nitrogens with zero attached hydrogens (tertiary/aromatic N) is 1. The molecule has 0 N–H and O–H groups in total. The van der Waals surface area contributed by atoms with Crippen LogP contribution < -0.4 is 9.47 Å². The quantitative estimate of drug-likeness (QED) is 0.822. The predicted molar refractivity (Wildman–Crippen MR) is 86.0 cm³/mol. The van der Waals surface area contributed by atoms with E-state index >= 15 is 0 Å². The van der Waals surface area contributed by atoms with E-state index < -0.39 is 6.10 Å². The zero-order chi connectivity index (χ0) is 15.9. The fraction of sp³-hybridized carbons (Fsp3) is 0.278. The Morgan fingerprint density at radius 1 is 1.05 bits per heavy atom. The number of benzene rings is 2. The van der Waals surface area contributed by atoms with Gasteiger partial charge in [-0.2, -0.15) is 0 Å². The summed E-state index contributed by atoms with van der Waals surface area (Å²) in [7, 11) is 3.35. The highest BCUT2D eigenvalue weighted by molar-refractivity contribution is 5.80. The van der Waals surface area contributed by atoms with Crippen molar-refractivity contribution in [1.29, 1.82) is 0 Å². The summed E-state index contributed by atoms with van der Waals surface area (Å²) in [5, 5.41) is 0. The van der Waals surface area contributed by atoms with E-state index in [1.54, 1.807) is 38.1 Å². The van der Waals surface area contributed by atoms with E-state index in [-0.39, 0.29) is 5.91 Å². The van der Waals surface area contributed by atoms with Crippen LogP contribution >= 0.6 is 0 Å². The van der Waals surface area contributed by atoms with Crippen LogP contribution in [0.3, 0.4) is 0 Å². The summed E-state index contributed by atoms with van der Waals surface area (Å²) in [4.78, 5) is 14.1. The standard InChI is InChI=1S/C18H21NO3/c1-14(22-17-12-8-7-11-16(17)21-3)18(20)19(2)13-15-9-5-4-6-10-15/h4-12,14H,13H2,1-3H3/t14-/m0/s1. The van der Waals surface area contributed by atoms with Gasteiger partial charge in [-0.15, -0.1) is 0 Å². The molecule has 116 valence electrons. The molecule has 0 aromatic heterocycles. The Morgan fingerprint density at radius 3 is 2.27 bits per heavy atom. The van der Waals surface area contributed by atoms with Gasteiger partial charge in [-0.1, -0.05) is 42.5 Å². The fourth-order valence-electron chi connectivity index (χ4n) is 2.20. The summed E-state index contributed by atoms with van der Waals surface area (Å²) in [6, 6.07) is 17.2. The average molecular weight is 299 g/mol. The van der Waals surface area contributed by atoms with E-state index in [0.717, 1.165) is 5.56 Å². The van der Waals surface area contributed by atoms with Crippen molar-refractivity contribution in [2.45, 2.75) is 19.6 Å². The Morgan fingerprint density at radius 2 is 1.64 bits per heavy atom. The summed E-state index contributed by atoms with van der Waals surface area (Å²) in [6.45, 7) is 2.30. The van der Waals surface area contributed by atoms with Crippen LogP contribution in [0.2, 0.25) is 0 Å². The van der Waals surface area contributed by atoms with Gasteiger partial charge >= 0.3 is 0 Å². The number of hydrogen-bond donors (Lipinski definition) is 0. The Labute approximate surface area is 131 Å². The van der Waals surface area contributed by atoms with E-state index in [1.165, 1.54) is 0 Å². The molecule has 0 aliphatic carbocycles. The van der Waals surface area contributed by atoms with Gasteiger partial charge in [0.25, 0.3) is 5.91 Å². The zero-order valence-electron chi connectivity index (χ0n) is 13.2. The second-order valence-electron chi connectivity index (χ2n) is 5.09. The van der Waals surface area contributed by atoms with Crippen LogP contribution in [0.4, 0.5) is 0 Å². The highest BCUT2D eigenvalue weighted by atomic mass is 16.5. The number of ether oxygens (including phenoxy) is 2. The maximum absolute atomic E-state index is 12.4. The molecular weight excluding hydrogens is 278 g/mol. The molecule has 0 unspecified atom stereocenters. The molecule has 22 heavy (non-hydrogen) atoms. The lowest BCUT2D eigenvalue weighted by atomic mass is 10.2. The van der Waals surface area contributed by atoms with Crippen molar-refractivity contribution < 1.29 is 14.3 Å². The highest BCUT2D eigenvalue weighted by Crippen LogP contribution is 2.27. The summed E-state index contributed by atoms with van der Waals surface area (Å²) >= 11 is 0. The Hall–Kier alpha value is -2.49. The van der Waals surface area contributed by atoms with Crippen LogP contribution in [0.5, 0.6) is 11.5 Å². The minimum absolute atomic E-state index is 0.0743. The third-order valence-corrected chi connectivity index (χ3v) is 3.36. The van der Waals surface area contributed by atoms with E-state index in [4.69, 9.17) is 9.47 Å². The summed E-state index contributed by atoms with van der Waals surface area (Å²) in [6.07, 6.45) is -0.579. The normalized spacial score (nSPS) is 11.6. The van der Waals surface area contributed by atoms with Crippen molar-refractivity contribution in [3.05, 3.63) is 60.2 Å². The van der Waals surface area contributed by atoms with Gasteiger partial charge in [-0.25, -0.2) is 0 Å². The molecule has 4 heteroatoms. The molecule has 0 heterocycles. The number of hydrogen-bond acceptors (Lipinski definition) is 3. The van der Waals surface area contributed by atoms with Gasteiger partial charge in [0.1, 0.15) is 0 Å². The van der Waals surface area contributed by atoms with Crippen LogP contribution in [0.25, 0.3) is 0 Å². The second-order valence-corrected chi connectivity index (χ2v) is 5.09. The van der Waals surface area contributed by atoms with Crippen LogP contribution in [0.1, 0.15) is 12.5 Å². The largest absolute Gasteiger partial charge is 0.493 e. The monoisotopic (exact) mass is 299 g/mol. The molecule has 0 aliphatic rings. The Kier molecular flexibility index (Phi) is 5.42. The topological polar surface area (TPSA) is 38.8 Å². The van der Waals surface area contributed by atoms with Gasteiger partial charge in [-0.05, 0) is 24.6 Å². The molecule has 0 saturated heterocycles. The molecule has 0 bridgehead atoms. The number of carbonyl (C=O) groups excluding carboxylic acids is 1. The van der Waals surface area contributed by atoms with E-state index in [2.05, 4.69) is 0 Å². The number of carbonyl (C=O) groups is 1. The van der Waals surface area contributed by atoms with E-state index in [9.17, 15) is 4.79 Å². The van der Waals surface area contributed by atoms with Crippen LogP contribution in [-0.4, -0.2) is 31.1 Å². The summed E-state index contributed by atoms with van der Waals surface area (Å²) in [5.41, 5.74) is 1.09. The van der Waals surface area contributed by atoms with Gasteiger partial charge in [0, 0.05) is 13.6 Å². The van der Waals surface area contributed by atoms with Crippen molar-refractivity contribution in [3.63, 3.8) is 0 Å². The minimum atomic E-state index is -0.579. The smallest absolute Gasteiger partial charge is 0.263 e. The molecule has 2 aromatic rings. The molecule has 0 radical (unpaired) electrons. The van der Waals surface area contributed by atoms with Crippen molar-refractivity contribution in [3.8, 4) is 11.5 Å². The molecule has 2 aromatic carbocycles. The SMILES string of the molecule is COc1ccccc1O[C@@H](C)C(=O)N(C)Cc1ccccc1. The Bertz CT molecular complexity index is 613. The number of likely N-dealkylation sites (N-methyl/N-ethyl adjacent to an activating group) is 1. The lowest BCUT2D eigenvalue weighted by Crippen LogP contribution is -2.37. The third-order valence-electron chi connectivity index (χ3n) is 3.36. The molecular formula is C18H21NO3. The zero-order valence-corrected chi connectivity index (χ0v) is 13.2. The fourth-order valence-corrected chi connectivity index (χ4v) is 2.20. The summed E-state index contributed by atoms with van der Waals surface area (Å²) in [5.74, 6) is 1.11. The van der Waals surface area contributed by atoms with Crippen LogP contribution in [-0.2, 0) is 11.3 Å². The average Bonchev–Trinajstić information content (AvgIpc) is 2.55. The van der Waals surface area contributed by atoms with Crippen molar-refractivity contribution in [2.75, 3.05) is 14.2 Å². The number of para-hydroxylation sites is 2. The first kappa shape index (κ1) is 15.9. The summed E-state index contributed by atoms with van der Waals surface area (Å²) < 4.78 is 11.0. The number of amides is 1. The molecule has 4 nitrogen and oxygen atoms in total. The lowest BCUT2D eigenvalue weighted by Gasteiger charge is -2.23. The Balaban J connectivity index is 1.99. The van der Waals surface area contributed by atoms with Gasteiger partial charge in [0.2, 0.25) is 0 Å². The second kappa shape index (κ2) is 7.50. The van der Waals surface area contributed by atoms with Gasteiger partial charge < -0.3 is 14.4 Å². The first-order valence-electron chi connectivity index (χ1n) is 7.20. The lowest BCUT2D eigenvalue weighted by molar-refractivity contribution is -0.137. The minimum Gasteiger partial charge on any atom is -0.493 e. The van der Waals surface area contributed by atoms with E-state index in [1.807, 2.05) is 42.5 Å². The third kappa shape index (κ3) is 4.01. The molecule has 0 spiro atoms. The molecule has 0 fully saturated rings. The van der Waals surface area contributed by atoms with Crippen molar-refractivity contribution in [1.82, 2.24) is 4.90 Å². The van der Waals surface area contributed by atoms with Crippen LogP contribution in [0.15, 0.2) is 54.6 Å². The van der Waals surface area contributed by atoms with Gasteiger partial charge in [-0.3, -0.25) is 4.79 Å². The van der Waals surface area contributed by atoms with Crippen molar-refractivity contribution in [2.24, 2.45) is 0 Å². The maximum atomic E-state index is 12.4. The van der Waals surface area contributed by atoms with Crippen molar-refractivity contribution >= 4 is 5.91 Å². The predicted octanol–water partition coefficient (Wildman–Crippen LogP) is 3.12. The van der Waals surface area contributed by atoms with Gasteiger partial charge in [0.05, 0.1) is 7.11 Å². The van der Waals surface area contributed by atoms with E-state index in [0.29, 0.717) is 18.0 Å². The number of rotatable bonds is 6. The van der Waals surface area contributed by atoms with Gasteiger partial charge in [0.15, 0.2) is 17.6 Å². The molecule has 2 rings (SSSR count). The molecule has 0 saturated carbocycles. The molecule has 0 aliphatic heterocycles. The first-order valence-corrected chi connectivity index (χ1v) is 7.20. The van der Waals surface area contributed by atoms with Crippen LogP contribution in [0, 0.1) is 0 Å². The maximum Gasteiger partial charge on any atom is 0.263 e.